The molecular formula is C23H16O8. The van der Waals surface area contributed by atoms with Gasteiger partial charge in [0.15, 0.2) is 0 Å². The fourth-order valence-electron chi connectivity index (χ4n) is 2.65. The van der Waals surface area contributed by atoms with Crippen molar-refractivity contribution >= 4 is 23.9 Å². The summed E-state index contributed by atoms with van der Waals surface area (Å²) in [6, 6.07) is 17.5. The molecular weight excluding hydrogens is 404 g/mol. The zero-order valence-electron chi connectivity index (χ0n) is 16.2. The molecule has 0 heterocycles. The first-order valence-corrected chi connectivity index (χ1v) is 9.00. The Bertz CT molecular complexity index is 1170. The molecule has 3 aromatic carbocycles. The zero-order valence-corrected chi connectivity index (χ0v) is 16.2. The van der Waals surface area contributed by atoms with Crippen LogP contribution in [0.4, 0.5) is 0 Å². The standard InChI is InChI=1S/C23H16O8/c1-14(24)29-19-12-6-3-9-16(19)22(27)31-20-13-7-4-10-17(20)23(28)30-18-11-5-2-8-15(18)21(25)26/h2-13H,1H3,(H,25,26). The van der Waals surface area contributed by atoms with Crippen LogP contribution in [0.5, 0.6) is 17.2 Å². The van der Waals surface area contributed by atoms with Crippen molar-refractivity contribution in [3.05, 3.63) is 89.5 Å². The van der Waals surface area contributed by atoms with Crippen LogP contribution in [0.3, 0.4) is 0 Å². The Labute approximate surface area is 176 Å². The maximum absolute atomic E-state index is 12.7. The van der Waals surface area contributed by atoms with Crippen LogP contribution in [0.25, 0.3) is 0 Å². The minimum atomic E-state index is -1.26. The van der Waals surface area contributed by atoms with Crippen LogP contribution in [0.1, 0.15) is 38.0 Å². The van der Waals surface area contributed by atoms with Gasteiger partial charge in [-0.15, -0.1) is 0 Å². The van der Waals surface area contributed by atoms with Gasteiger partial charge in [0.05, 0.1) is 0 Å². The Kier molecular flexibility index (Phi) is 6.42. The number of hydrogen-bond acceptors (Lipinski definition) is 7. The third-order valence-corrected chi connectivity index (χ3v) is 3.99. The summed E-state index contributed by atoms with van der Waals surface area (Å²) < 4.78 is 15.6. The van der Waals surface area contributed by atoms with Crippen molar-refractivity contribution in [1.82, 2.24) is 0 Å². The van der Waals surface area contributed by atoms with E-state index in [1.54, 1.807) is 18.2 Å². The summed E-state index contributed by atoms with van der Waals surface area (Å²) in [6.07, 6.45) is 0. The second-order valence-electron chi connectivity index (χ2n) is 6.17. The predicted octanol–water partition coefficient (Wildman–Crippen LogP) is 3.75. The molecule has 0 spiro atoms. The molecule has 0 saturated heterocycles. The molecule has 0 aliphatic heterocycles. The topological polar surface area (TPSA) is 116 Å². The average molecular weight is 420 g/mol. The number of esters is 3. The highest BCUT2D eigenvalue weighted by Crippen LogP contribution is 2.26. The second kappa shape index (κ2) is 9.36. The van der Waals surface area contributed by atoms with E-state index in [4.69, 9.17) is 14.2 Å². The van der Waals surface area contributed by atoms with Gasteiger partial charge >= 0.3 is 23.9 Å². The molecule has 0 amide bonds. The highest BCUT2D eigenvalue weighted by atomic mass is 16.6. The summed E-state index contributed by atoms with van der Waals surface area (Å²) in [4.78, 5) is 47.9. The number of rotatable bonds is 6. The van der Waals surface area contributed by atoms with E-state index in [2.05, 4.69) is 0 Å². The molecule has 0 fully saturated rings. The van der Waals surface area contributed by atoms with E-state index < -0.39 is 23.9 Å². The van der Waals surface area contributed by atoms with Crippen LogP contribution in [0.2, 0.25) is 0 Å². The van der Waals surface area contributed by atoms with Gasteiger partial charge in [-0.2, -0.15) is 0 Å². The van der Waals surface area contributed by atoms with Crippen LogP contribution < -0.4 is 14.2 Å². The number of carboxylic acid groups (broad SMARTS) is 1. The lowest BCUT2D eigenvalue weighted by Gasteiger charge is -2.12. The summed E-state index contributed by atoms with van der Waals surface area (Å²) >= 11 is 0. The van der Waals surface area contributed by atoms with Crippen LogP contribution in [0.15, 0.2) is 72.8 Å². The third kappa shape index (κ3) is 5.13. The molecule has 8 heteroatoms. The zero-order chi connectivity index (χ0) is 22.4. The van der Waals surface area contributed by atoms with E-state index in [1.807, 2.05) is 0 Å². The highest BCUT2D eigenvalue weighted by molar-refractivity contribution is 5.99. The van der Waals surface area contributed by atoms with E-state index in [0.717, 1.165) is 0 Å². The minimum Gasteiger partial charge on any atom is -0.478 e. The number of carboxylic acids is 1. The van der Waals surface area contributed by atoms with Gasteiger partial charge in [-0.25, -0.2) is 14.4 Å². The molecule has 3 aromatic rings. The monoisotopic (exact) mass is 420 g/mol. The molecule has 31 heavy (non-hydrogen) atoms. The second-order valence-corrected chi connectivity index (χ2v) is 6.17. The molecule has 8 nitrogen and oxygen atoms in total. The summed E-state index contributed by atoms with van der Waals surface area (Å²) in [6.45, 7) is 1.20. The molecule has 3 rings (SSSR count). The van der Waals surface area contributed by atoms with Gasteiger partial charge in [0, 0.05) is 6.92 Å². The first kappa shape index (κ1) is 21.3. The summed E-state index contributed by atoms with van der Waals surface area (Å²) in [5.41, 5.74) is -0.307. The van der Waals surface area contributed by atoms with Gasteiger partial charge < -0.3 is 19.3 Å². The van der Waals surface area contributed by atoms with Gasteiger partial charge in [-0.3, -0.25) is 4.79 Å². The van der Waals surface area contributed by atoms with Crippen molar-refractivity contribution in [3.63, 3.8) is 0 Å². The lowest BCUT2D eigenvalue weighted by molar-refractivity contribution is -0.131. The molecule has 156 valence electrons. The maximum Gasteiger partial charge on any atom is 0.347 e. The maximum atomic E-state index is 12.7. The molecule has 0 atom stereocenters. The number of aromatic carboxylic acids is 1. The van der Waals surface area contributed by atoms with Crippen molar-refractivity contribution in [2.24, 2.45) is 0 Å². The van der Waals surface area contributed by atoms with E-state index in [0.29, 0.717) is 0 Å². The van der Waals surface area contributed by atoms with Crippen LogP contribution in [0, 0.1) is 0 Å². The minimum absolute atomic E-state index is 0.00967. The SMILES string of the molecule is CC(=O)Oc1ccccc1C(=O)Oc1ccccc1C(=O)Oc1ccccc1C(=O)O. The quantitative estimate of drug-likeness (QED) is 0.473. The van der Waals surface area contributed by atoms with Crippen molar-refractivity contribution in [2.45, 2.75) is 6.92 Å². The number of carbonyl (C=O) groups is 4. The van der Waals surface area contributed by atoms with Crippen molar-refractivity contribution in [3.8, 4) is 17.2 Å². The first-order valence-electron chi connectivity index (χ1n) is 9.00. The van der Waals surface area contributed by atoms with E-state index in [-0.39, 0.29) is 33.9 Å². The Balaban J connectivity index is 1.86. The lowest BCUT2D eigenvalue weighted by atomic mass is 10.1. The average Bonchev–Trinajstić information content (AvgIpc) is 2.74. The first-order chi connectivity index (χ1) is 14.9. The number of benzene rings is 3. The normalized spacial score (nSPS) is 10.1. The summed E-state index contributed by atoms with van der Waals surface area (Å²) in [7, 11) is 0. The van der Waals surface area contributed by atoms with E-state index in [9.17, 15) is 24.3 Å². The molecule has 0 saturated carbocycles. The Morgan fingerprint density at radius 3 is 1.35 bits per heavy atom. The van der Waals surface area contributed by atoms with Crippen LogP contribution >= 0.6 is 0 Å². The van der Waals surface area contributed by atoms with Gasteiger partial charge in [0.1, 0.15) is 33.9 Å². The fourth-order valence-corrected chi connectivity index (χ4v) is 2.65. The highest BCUT2D eigenvalue weighted by Gasteiger charge is 2.22. The fraction of sp³-hybridized carbons (Fsp3) is 0.0435. The van der Waals surface area contributed by atoms with Crippen molar-refractivity contribution in [1.29, 1.82) is 0 Å². The van der Waals surface area contributed by atoms with Crippen LogP contribution in [-0.4, -0.2) is 29.0 Å². The summed E-state index contributed by atoms with van der Waals surface area (Å²) in [5.74, 6) is -3.89. The van der Waals surface area contributed by atoms with Crippen molar-refractivity contribution in [2.75, 3.05) is 0 Å². The third-order valence-electron chi connectivity index (χ3n) is 3.99. The number of carbonyl (C=O) groups excluding carboxylic acids is 3. The molecule has 0 unspecified atom stereocenters. The van der Waals surface area contributed by atoms with Gasteiger partial charge in [0.25, 0.3) is 0 Å². The molecule has 0 aromatic heterocycles. The van der Waals surface area contributed by atoms with Crippen molar-refractivity contribution < 1.29 is 38.5 Å². The molecule has 0 radical (unpaired) electrons. The Morgan fingerprint density at radius 2 is 0.935 bits per heavy atom. The molecule has 0 bridgehead atoms. The van der Waals surface area contributed by atoms with E-state index in [1.165, 1.54) is 61.5 Å². The van der Waals surface area contributed by atoms with Gasteiger partial charge in [0.2, 0.25) is 0 Å². The Hall–Kier alpha value is -4.46. The predicted molar refractivity (Wildman–Crippen MR) is 108 cm³/mol. The molecule has 0 aliphatic rings. The largest absolute Gasteiger partial charge is 0.478 e. The number of hydrogen-bond donors (Lipinski definition) is 1. The Morgan fingerprint density at radius 1 is 0.581 bits per heavy atom. The molecule has 0 aliphatic carbocycles. The molecule has 1 N–H and O–H groups in total. The number of para-hydroxylation sites is 3. The lowest BCUT2D eigenvalue weighted by Crippen LogP contribution is -2.16. The smallest absolute Gasteiger partial charge is 0.347 e. The van der Waals surface area contributed by atoms with Gasteiger partial charge in [-0.05, 0) is 36.4 Å². The summed E-state index contributed by atoms with van der Waals surface area (Å²) in [5, 5.41) is 9.24. The number of ether oxygens (including phenoxy) is 3. The van der Waals surface area contributed by atoms with Crippen LogP contribution in [-0.2, 0) is 4.79 Å². The van der Waals surface area contributed by atoms with Gasteiger partial charge in [-0.1, -0.05) is 36.4 Å². The van der Waals surface area contributed by atoms with E-state index >= 15 is 0 Å².